The number of sulfone groups is 1. The van der Waals surface area contributed by atoms with Crippen LogP contribution in [0.25, 0.3) is 4.85 Å². The fourth-order valence-electron chi connectivity index (χ4n) is 2.15. The van der Waals surface area contributed by atoms with Crippen LogP contribution in [0.3, 0.4) is 0 Å². The van der Waals surface area contributed by atoms with E-state index in [1.807, 2.05) is 0 Å². The van der Waals surface area contributed by atoms with Crippen molar-refractivity contribution in [2.45, 2.75) is 15.7 Å². The summed E-state index contributed by atoms with van der Waals surface area (Å²) in [7, 11) is -3.76. The van der Waals surface area contributed by atoms with E-state index in [0.717, 1.165) is 0 Å². The molecule has 2 rings (SSSR count). The summed E-state index contributed by atoms with van der Waals surface area (Å²) in [5, 5.41) is 21.0. The van der Waals surface area contributed by atoms with Crippen LogP contribution < -0.4 is 5.32 Å². The summed E-state index contributed by atoms with van der Waals surface area (Å²) >= 11 is 0. The van der Waals surface area contributed by atoms with Crippen LogP contribution in [0.2, 0.25) is 0 Å². The van der Waals surface area contributed by atoms with Crippen molar-refractivity contribution in [1.29, 1.82) is 0 Å². The summed E-state index contributed by atoms with van der Waals surface area (Å²) < 4.78 is 24.8. The number of rotatable bonds is 3. The number of hydrogen-bond donors (Lipinski definition) is 3. The van der Waals surface area contributed by atoms with Gasteiger partial charge in [0.1, 0.15) is 10.9 Å². The Hall–Kier alpha value is -1.17. The molecule has 2 atom stereocenters. The Balaban J connectivity index is 0.00000200. The van der Waals surface area contributed by atoms with Crippen LogP contribution in [0, 0.1) is 6.57 Å². The first-order chi connectivity index (χ1) is 8.94. The molecule has 0 spiro atoms. The van der Waals surface area contributed by atoms with Crippen molar-refractivity contribution in [3.8, 4) is 0 Å². The number of nitrogens with one attached hydrogen (secondary N) is 1. The summed E-state index contributed by atoms with van der Waals surface area (Å²) in [6, 6.07) is 5.53. The predicted octanol–water partition coefficient (Wildman–Crippen LogP) is 0.128. The third-order valence-electron chi connectivity index (χ3n) is 3.30. The second-order valence-corrected chi connectivity index (χ2v) is 6.66. The van der Waals surface area contributed by atoms with Gasteiger partial charge in [-0.25, -0.2) is 13.3 Å². The molecule has 3 N–H and O–H groups in total. The number of hydrogen-bond acceptors (Lipinski definition) is 5. The van der Waals surface area contributed by atoms with Gasteiger partial charge >= 0.3 is 0 Å². The van der Waals surface area contributed by atoms with Gasteiger partial charge in [-0.3, -0.25) is 0 Å². The van der Waals surface area contributed by atoms with Gasteiger partial charge in [0.05, 0.1) is 18.1 Å². The van der Waals surface area contributed by atoms with Crippen molar-refractivity contribution in [2.24, 2.45) is 0 Å². The molecule has 0 aromatic heterocycles. The van der Waals surface area contributed by atoms with Crippen LogP contribution in [0.5, 0.6) is 0 Å². The summed E-state index contributed by atoms with van der Waals surface area (Å²) in [6.07, 6.45) is 0. The number of halogens is 1. The number of aliphatic hydroxyl groups excluding tert-OH is 1. The zero-order valence-corrected chi connectivity index (χ0v) is 12.1. The molecule has 1 aliphatic heterocycles. The topological polar surface area (TPSA) is 91.0 Å². The molecule has 0 aliphatic carbocycles. The average molecular weight is 319 g/mol. The number of aliphatic hydroxyl groups is 2. The Morgan fingerprint density at radius 1 is 1.40 bits per heavy atom. The van der Waals surface area contributed by atoms with E-state index in [-0.39, 0.29) is 30.4 Å². The minimum Gasteiger partial charge on any atom is -0.393 e. The Bertz CT molecular complexity index is 611. The lowest BCUT2D eigenvalue weighted by molar-refractivity contribution is 0.00578. The van der Waals surface area contributed by atoms with Crippen molar-refractivity contribution in [3.63, 3.8) is 0 Å². The molecule has 1 aliphatic rings. The van der Waals surface area contributed by atoms with Crippen molar-refractivity contribution in [2.75, 3.05) is 19.7 Å². The molecule has 0 saturated carbocycles. The smallest absolute Gasteiger partial charge is 0.187 e. The number of benzene rings is 1. The molecule has 6 nitrogen and oxygen atoms in total. The largest absolute Gasteiger partial charge is 0.393 e. The third-order valence-corrected chi connectivity index (χ3v) is 5.59. The molecular formula is C12H15ClN2O4S. The van der Waals surface area contributed by atoms with Gasteiger partial charge in [0.2, 0.25) is 0 Å². The first-order valence-electron chi connectivity index (χ1n) is 5.69. The van der Waals surface area contributed by atoms with Crippen molar-refractivity contribution >= 4 is 27.9 Å². The molecule has 1 fully saturated rings. The SMILES string of the molecule is Cl.[C-]#[N+]c1ccc(S(=O)(=O)[C@H]2CNC[C@@]2(O)CO)cc1. The maximum atomic E-state index is 12.4. The van der Waals surface area contributed by atoms with Gasteiger partial charge in [0, 0.05) is 13.1 Å². The lowest BCUT2D eigenvalue weighted by atomic mass is 10.1. The second-order valence-electron chi connectivity index (χ2n) is 4.53. The zero-order valence-electron chi connectivity index (χ0n) is 10.5. The van der Waals surface area contributed by atoms with E-state index in [0.29, 0.717) is 5.69 Å². The maximum absolute atomic E-state index is 12.4. The van der Waals surface area contributed by atoms with Gasteiger partial charge in [-0.2, -0.15) is 0 Å². The van der Waals surface area contributed by atoms with Crippen LogP contribution in [-0.2, 0) is 9.84 Å². The van der Waals surface area contributed by atoms with Gasteiger partial charge in [0.15, 0.2) is 15.5 Å². The molecule has 0 radical (unpaired) electrons. The molecule has 1 aromatic carbocycles. The molecular weight excluding hydrogens is 304 g/mol. The zero-order chi connectivity index (χ0) is 14.1. The van der Waals surface area contributed by atoms with Crippen LogP contribution >= 0.6 is 12.4 Å². The van der Waals surface area contributed by atoms with Crippen molar-refractivity contribution < 1.29 is 18.6 Å². The fourth-order valence-corrected chi connectivity index (χ4v) is 4.07. The molecule has 1 heterocycles. The Morgan fingerprint density at radius 2 is 2.00 bits per heavy atom. The van der Waals surface area contributed by atoms with Crippen molar-refractivity contribution in [1.82, 2.24) is 5.32 Å². The van der Waals surface area contributed by atoms with Crippen LogP contribution in [0.1, 0.15) is 0 Å². The highest BCUT2D eigenvalue weighted by molar-refractivity contribution is 7.92. The Labute approximate surface area is 123 Å². The minimum absolute atomic E-state index is 0. The highest BCUT2D eigenvalue weighted by atomic mass is 35.5. The molecule has 0 bridgehead atoms. The van der Waals surface area contributed by atoms with E-state index in [2.05, 4.69) is 10.2 Å². The average Bonchev–Trinajstić information content (AvgIpc) is 2.82. The monoisotopic (exact) mass is 318 g/mol. The van der Waals surface area contributed by atoms with E-state index in [1.165, 1.54) is 24.3 Å². The van der Waals surface area contributed by atoms with Crippen LogP contribution in [0.4, 0.5) is 5.69 Å². The molecule has 1 saturated heterocycles. The highest BCUT2D eigenvalue weighted by Gasteiger charge is 2.48. The molecule has 110 valence electrons. The van der Waals surface area contributed by atoms with E-state index >= 15 is 0 Å². The maximum Gasteiger partial charge on any atom is 0.187 e. The molecule has 1 aromatic rings. The fraction of sp³-hybridized carbons (Fsp3) is 0.417. The van der Waals surface area contributed by atoms with E-state index in [4.69, 9.17) is 6.57 Å². The van der Waals surface area contributed by atoms with Gasteiger partial charge in [-0.05, 0) is 0 Å². The van der Waals surface area contributed by atoms with Crippen LogP contribution in [-0.4, -0.2) is 49.2 Å². The van der Waals surface area contributed by atoms with Gasteiger partial charge < -0.3 is 15.5 Å². The first-order valence-corrected chi connectivity index (χ1v) is 7.24. The van der Waals surface area contributed by atoms with Gasteiger partial charge in [-0.1, -0.05) is 24.3 Å². The summed E-state index contributed by atoms with van der Waals surface area (Å²) in [4.78, 5) is 3.23. The Kier molecular flexibility index (Phi) is 5.13. The van der Waals surface area contributed by atoms with Crippen LogP contribution in [0.15, 0.2) is 29.2 Å². The van der Waals surface area contributed by atoms with E-state index < -0.39 is 27.3 Å². The standard InChI is InChI=1S/C12H14N2O4S.ClH/c1-13-9-2-4-10(5-3-9)19(17,18)11-6-14-7-12(11,16)8-15;/h2-5,11,14-16H,6-8H2;1H/t11-,12+;/m0./s1. The summed E-state index contributed by atoms with van der Waals surface area (Å²) in [5.74, 6) is 0. The summed E-state index contributed by atoms with van der Waals surface area (Å²) in [5.41, 5.74) is -1.32. The molecule has 0 unspecified atom stereocenters. The number of nitrogens with zero attached hydrogens (tertiary/aromatic N) is 1. The minimum atomic E-state index is -3.76. The third kappa shape index (κ3) is 2.80. The first kappa shape index (κ1) is 16.9. The molecule has 8 heteroatoms. The Morgan fingerprint density at radius 3 is 2.50 bits per heavy atom. The van der Waals surface area contributed by atoms with E-state index in [9.17, 15) is 18.6 Å². The normalized spacial score (nSPS) is 25.8. The highest BCUT2D eigenvalue weighted by Crippen LogP contribution is 2.28. The lowest BCUT2D eigenvalue weighted by Gasteiger charge is -2.26. The summed E-state index contributed by atoms with van der Waals surface area (Å²) in [6.45, 7) is 6.32. The quantitative estimate of drug-likeness (QED) is 0.689. The molecule has 0 amide bonds. The molecule has 20 heavy (non-hydrogen) atoms. The lowest BCUT2D eigenvalue weighted by Crippen LogP contribution is -2.49. The second kappa shape index (κ2) is 6.08. The van der Waals surface area contributed by atoms with Gasteiger partial charge in [-0.15, -0.1) is 12.4 Å². The predicted molar refractivity (Wildman–Crippen MR) is 75.8 cm³/mol. The number of β-amino-alcohol motifs (C(OH)–C–C–N with tert-alkyl or cyclic N) is 1. The van der Waals surface area contributed by atoms with Gasteiger partial charge in [0.25, 0.3) is 0 Å². The van der Waals surface area contributed by atoms with Crippen molar-refractivity contribution in [3.05, 3.63) is 35.7 Å². The van der Waals surface area contributed by atoms with E-state index in [1.54, 1.807) is 0 Å².